The fourth-order valence-electron chi connectivity index (χ4n) is 3.10. The van der Waals surface area contributed by atoms with Gasteiger partial charge in [0.1, 0.15) is 5.75 Å². The third-order valence-electron chi connectivity index (χ3n) is 4.68. The predicted molar refractivity (Wildman–Crippen MR) is 90.3 cm³/mol. The molecule has 1 fully saturated rings. The topological polar surface area (TPSA) is 41.6 Å². The third-order valence-corrected chi connectivity index (χ3v) is 4.68. The Morgan fingerprint density at radius 3 is 2.64 bits per heavy atom. The molecule has 1 aliphatic carbocycles. The summed E-state index contributed by atoms with van der Waals surface area (Å²) in [7, 11) is 3.75. The Kier molecular flexibility index (Phi) is 6.25. The molecule has 0 aromatic heterocycles. The molecule has 1 N–H and O–H groups in total. The molecule has 0 heterocycles. The normalized spacial score (nSPS) is 21.6. The molecule has 0 bridgehead atoms. The van der Waals surface area contributed by atoms with Gasteiger partial charge in [0.05, 0.1) is 12.8 Å². The van der Waals surface area contributed by atoms with Gasteiger partial charge in [-0.1, -0.05) is 19.1 Å². The highest BCUT2D eigenvalue weighted by atomic mass is 16.5. The van der Waals surface area contributed by atoms with E-state index < -0.39 is 0 Å². The molecule has 1 aromatic carbocycles. The van der Waals surface area contributed by atoms with Crippen molar-refractivity contribution in [2.75, 3.05) is 26.0 Å². The number of amides is 1. The second kappa shape index (κ2) is 8.18. The van der Waals surface area contributed by atoms with Gasteiger partial charge in [0.2, 0.25) is 5.91 Å². The average Bonchev–Trinajstić information content (AvgIpc) is 2.54. The fourth-order valence-corrected chi connectivity index (χ4v) is 3.10. The Morgan fingerprint density at radius 2 is 1.95 bits per heavy atom. The number of ether oxygens (including phenoxy) is 1. The maximum Gasteiger partial charge on any atom is 0.225 e. The molecule has 0 saturated heterocycles. The van der Waals surface area contributed by atoms with Gasteiger partial charge >= 0.3 is 0 Å². The SMILES string of the molecule is COc1ccccc1NC(=O)CCN(C)C1CCC(C)CC1. The number of hydrogen-bond acceptors (Lipinski definition) is 3. The highest BCUT2D eigenvalue weighted by Crippen LogP contribution is 2.26. The van der Waals surface area contributed by atoms with Crippen molar-refractivity contribution in [2.45, 2.75) is 45.1 Å². The number of nitrogens with zero attached hydrogens (tertiary/aromatic N) is 1. The Bertz CT molecular complexity index is 482. The molecule has 0 unspecified atom stereocenters. The number of carbonyl (C=O) groups is 1. The van der Waals surface area contributed by atoms with Crippen molar-refractivity contribution in [3.63, 3.8) is 0 Å². The number of nitrogens with one attached hydrogen (secondary N) is 1. The van der Waals surface area contributed by atoms with Gasteiger partial charge in [-0.25, -0.2) is 0 Å². The summed E-state index contributed by atoms with van der Waals surface area (Å²) in [5, 5.41) is 2.94. The maximum absolute atomic E-state index is 12.1. The molecule has 122 valence electrons. The summed E-state index contributed by atoms with van der Waals surface area (Å²) in [5.41, 5.74) is 0.740. The van der Waals surface area contributed by atoms with E-state index in [2.05, 4.69) is 24.2 Å². The van der Waals surface area contributed by atoms with Gasteiger partial charge in [-0.2, -0.15) is 0 Å². The molecule has 1 saturated carbocycles. The Morgan fingerprint density at radius 1 is 1.27 bits per heavy atom. The molecule has 0 radical (unpaired) electrons. The Labute approximate surface area is 133 Å². The van der Waals surface area contributed by atoms with Gasteiger partial charge < -0.3 is 15.0 Å². The Hall–Kier alpha value is -1.55. The van der Waals surface area contributed by atoms with Crippen LogP contribution in [0, 0.1) is 5.92 Å². The van der Waals surface area contributed by atoms with Gasteiger partial charge in [-0.15, -0.1) is 0 Å². The smallest absolute Gasteiger partial charge is 0.225 e. The number of methoxy groups -OCH3 is 1. The summed E-state index contributed by atoms with van der Waals surface area (Å²) in [4.78, 5) is 14.5. The van der Waals surface area contributed by atoms with Crippen molar-refractivity contribution < 1.29 is 9.53 Å². The zero-order valence-corrected chi connectivity index (χ0v) is 14.0. The number of anilines is 1. The van der Waals surface area contributed by atoms with Crippen LogP contribution in [-0.4, -0.2) is 37.6 Å². The second-order valence-corrected chi connectivity index (χ2v) is 6.39. The summed E-state index contributed by atoms with van der Waals surface area (Å²) >= 11 is 0. The minimum absolute atomic E-state index is 0.0422. The van der Waals surface area contributed by atoms with Gasteiger partial charge in [0, 0.05) is 19.0 Å². The van der Waals surface area contributed by atoms with E-state index in [4.69, 9.17) is 4.74 Å². The summed E-state index contributed by atoms with van der Waals surface area (Å²) in [6.45, 7) is 3.14. The highest BCUT2D eigenvalue weighted by Gasteiger charge is 2.21. The van der Waals surface area contributed by atoms with Gasteiger partial charge in [0.25, 0.3) is 0 Å². The van der Waals surface area contributed by atoms with Crippen LogP contribution in [0.3, 0.4) is 0 Å². The highest BCUT2D eigenvalue weighted by molar-refractivity contribution is 5.92. The number of rotatable bonds is 6. The number of hydrogen-bond donors (Lipinski definition) is 1. The van der Waals surface area contributed by atoms with Crippen molar-refractivity contribution in [3.8, 4) is 5.75 Å². The molecule has 22 heavy (non-hydrogen) atoms. The number of benzene rings is 1. The molecule has 0 spiro atoms. The predicted octanol–water partition coefficient (Wildman–Crippen LogP) is 3.53. The van der Waals surface area contributed by atoms with Gasteiger partial charge in [-0.05, 0) is 50.8 Å². The van der Waals surface area contributed by atoms with E-state index in [0.717, 1.165) is 18.2 Å². The van der Waals surface area contributed by atoms with E-state index >= 15 is 0 Å². The van der Waals surface area contributed by atoms with Crippen molar-refractivity contribution in [2.24, 2.45) is 5.92 Å². The van der Waals surface area contributed by atoms with E-state index in [-0.39, 0.29) is 5.91 Å². The van der Waals surface area contributed by atoms with E-state index in [0.29, 0.717) is 18.2 Å². The van der Waals surface area contributed by atoms with Crippen LogP contribution in [0.5, 0.6) is 5.75 Å². The zero-order chi connectivity index (χ0) is 15.9. The first kappa shape index (κ1) is 16.8. The molecule has 2 rings (SSSR count). The maximum atomic E-state index is 12.1. The van der Waals surface area contributed by atoms with Gasteiger partial charge in [-0.3, -0.25) is 4.79 Å². The minimum atomic E-state index is 0.0422. The van der Waals surface area contributed by atoms with Crippen LogP contribution in [0.4, 0.5) is 5.69 Å². The van der Waals surface area contributed by atoms with E-state index in [9.17, 15) is 4.79 Å². The standard InChI is InChI=1S/C18H28N2O2/c1-14-8-10-15(11-9-14)20(2)13-12-18(21)19-16-6-4-5-7-17(16)22-3/h4-7,14-15H,8-13H2,1-3H3,(H,19,21). The molecule has 4 nitrogen and oxygen atoms in total. The quantitative estimate of drug-likeness (QED) is 0.874. The summed E-state index contributed by atoms with van der Waals surface area (Å²) in [6, 6.07) is 8.14. The molecular formula is C18H28N2O2. The van der Waals surface area contributed by atoms with Crippen LogP contribution in [-0.2, 0) is 4.79 Å². The van der Waals surface area contributed by atoms with E-state index in [1.165, 1.54) is 25.7 Å². The van der Waals surface area contributed by atoms with E-state index in [1.807, 2.05) is 24.3 Å². The lowest BCUT2D eigenvalue weighted by atomic mass is 9.87. The Balaban J connectivity index is 1.77. The number of carbonyl (C=O) groups excluding carboxylic acids is 1. The molecule has 1 aliphatic rings. The van der Waals surface area contributed by atoms with Crippen molar-refractivity contribution in [1.29, 1.82) is 0 Å². The van der Waals surface area contributed by atoms with Crippen LogP contribution in [0.25, 0.3) is 0 Å². The largest absolute Gasteiger partial charge is 0.495 e. The average molecular weight is 304 g/mol. The lowest BCUT2D eigenvalue weighted by molar-refractivity contribution is -0.116. The number of para-hydroxylation sites is 2. The van der Waals surface area contributed by atoms with Crippen LogP contribution in [0.2, 0.25) is 0 Å². The molecule has 0 aliphatic heterocycles. The first-order valence-electron chi connectivity index (χ1n) is 8.23. The van der Waals surface area contributed by atoms with Crippen LogP contribution in [0.1, 0.15) is 39.0 Å². The lowest BCUT2D eigenvalue weighted by Gasteiger charge is -2.33. The molecule has 4 heteroatoms. The zero-order valence-electron chi connectivity index (χ0n) is 14.0. The molecule has 1 amide bonds. The first-order valence-corrected chi connectivity index (χ1v) is 8.23. The van der Waals surface area contributed by atoms with Crippen molar-refractivity contribution >= 4 is 11.6 Å². The second-order valence-electron chi connectivity index (χ2n) is 6.39. The van der Waals surface area contributed by atoms with Crippen LogP contribution < -0.4 is 10.1 Å². The van der Waals surface area contributed by atoms with Crippen molar-refractivity contribution in [1.82, 2.24) is 4.90 Å². The van der Waals surface area contributed by atoms with E-state index in [1.54, 1.807) is 7.11 Å². The third kappa shape index (κ3) is 4.73. The summed E-state index contributed by atoms with van der Waals surface area (Å²) < 4.78 is 5.25. The lowest BCUT2D eigenvalue weighted by Crippen LogP contribution is -2.36. The first-order chi connectivity index (χ1) is 10.6. The molecule has 1 aromatic rings. The molecule has 0 atom stereocenters. The van der Waals surface area contributed by atoms with Crippen LogP contribution >= 0.6 is 0 Å². The van der Waals surface area contributed by atoms with Crippen LogP contribution in [0.15, 0.2) is 24.3 Å². The summed E-state index contributed by atoms with van der Waals surface area (Å²) in [5.74, 6) is 1.60. The van der Waals surface area contributed by atoms with Crippen molar-refractivity contribution in [3.05, 3.63) is 24.3 Å². The molecular weight excluding hydrogens is 276 g/mol. The summed E-state index contributed by atoms with van der Waals surface area (Å²) in [6.07, 6.45) is 5.64. The van der Waals surface area contributed by atoms with Gasteiger partial charge in [0.15, 0.2) is 0 Å². The fraction of sp³-hybridized carbons (Fsp3) is 0.611. The minimum Gasteiger partial charge on any atom is -0.495 e. The monoisotopic (exact) mass is 304 g/mol.